The van der Waals surface area contributed by atoms with Crippen LogP contribution in [0.3, 0.4) is 0 Å². The predicted octanol–water partition coefficient (Wildman–Crippen LogP) is 8.45. The second kappa shape index (κ2) is 12.4. The molecule has 0 aliphatic carbocycles. The summed E-state index contributed by atoms with van der Waals surface area (Å²) < 4.78 is 14.8. The number of nitriles is 1. The summed E-state index contributed by atoms with van der Waals surface area (Å²) in [5.41, 5.74) is 7.84. The highest BCUT2D eigenvalue weighted by Crippen LogP contribution is 2.47. The maximum atomic E-state index is 8.99. The predicted molar refractivity (Wildman–Crippen MR) is 165 cm³/mol. The van der Waals surface area contributed by atoms with Crippen LogP contribution in [0.1, 0.15) is 35.9 Å². The van der Waals surface area contributed by atoms with Gasteiger partial charge in [0.05, 0.1) is 42.6 Å². The van der Waals surface area contributed by atoms with Gasteiger partial charge in [-0.15, -0.1) is 11.8 Å². The van der Waals surface area contributed by atoms with E-state index in [4.69, 9.17) is 26.3 Å². The molecular formula is C34H30ClN3O2S. The monoisotopic (exact) mass is 579 g/mol. The van der Waals surface area contributed by atoms with E-state index in [1.807, 2.05) is 54.4 Å². The largest absolute Gasteiger partial charge is 0.487 e. The van der Waals surface area contributed by atoms with Gasteiger partial charge in [-0.2, -0.15) is 5.26 Å². The van der Waals surface area contributed by atoms with E-state index in [0.29, 0.717) is 38.0 Å². The van der Waals surface area contributed by atoms with Crippen molar-refractivity contribution in [2.45, 2.75) is 49.7 Å². The number of thioether (sulfide) groups is 1. The summed E-state index contributed by atoms with van der Waals surface area (Å²) in [6, 6.07) is 28.8. The molecule has 206 valence electrons. The van der Waals surface area contributed by atoms with Crippen LogP contribution in [0.25, 0.3) is 22.0 Å². The van der Waals surface area contributed by atoms with Crippen LogP contribution in [-0.2, 0) is 30.9 Å². The van der Waals surface area contributed by atoms with E-state index in [9.17, 15) is 0 Å². The summed E-state index contributed by atoms with van der Waals surface area (Å²) in [7, 11) is 0. The molecule has 0 fully saturated rings. The Hall–Kier alpha value is -3.76. The molecule has 3 aromatic carbocycles. The van der Waals surface area contributed by atoms with Crippen molar-refractivity contribution in [1.82, 2.24) is 9.55 Å². The summed E-state index contributed by atoms with van der Waals surface area (Å²) in [6.45, 7) is 4.23. The summed E-state index contributed by atoms with van der Waals surface area (Å²) in [5, 5.41) is 11.3. The molecule has 0 saturated heterocycles. The fraction of sp³-hybridized carbons (Fsp3) is 0.235. The van der Waals surface area contributed by atoms with Crippen molar-refractivity contribution in [3.63, 3.8) is 0 Å². The average molecular weight is 580 g/mol. The van der Waals surface area contributed by atoms with Gasteiger partial charge in [-0.05, 0) is 47.9 Å². The third kappa shape index (κ3) is 5.99. The van der Waals surface area contributed by atoms with Crippen molar-refractivity contribution in [1.29, 1.82) is 5.26 Å². The van der Waals surface area contributed by atoms with Crippen molar-refractivity contribution in [2.75, 3.05) is 6.61 Å². The third-order valence-electron chi connectivity index (χ3n) is 7.32. The number of nitrogens with zero attached hydrogens (tertiary/aromatic N) is 3. The van der Waals surface area contributed by atoms with Gasteiger partial charge in [0.15, 0.2) is 0 Å². The topological polar surface area (TPSA) is 60.1 Å². The van der Waals surface area contributed by atoms with Crippen molar-refractivity contribution in [3.05, 3.63) is 113 Å². The van der Waals surface area contributed by atoms with E-state index in [-0.39, 0.29) is 0 Å². The zero-order valence-electron chi connectivity index (χ0n) is 22.8. The maximum absolute atomic E-state index is 8.99. The lowest BCUT2D eigenvalue weighted by molar-refractivity contribution is 0.120. The second-order valence-corrected chi connectivity index (χ2v) is 12.1. The molecule has 7 heteroatoms. The van der Waals surface area contributed by atoms with Gasteiger partial charge < -0.3 is 14.0 Å². The van der Waals surface area contributed by atoms with Crippen LogP contribution in [0, 0.1) is 11.3 Å². The van der Waals surface area contributed by atoms with Gasteiger partial charge in [0, 0.05) is 44.4 Å². The molecule has 3 heterocycles. The minimum Gasteiger partial charge on any atom is -0.487 e. The molecule has 2 aromatic heterocycles. The van der Waals surface area contributed by atoms with E-state index < -0.39 is 0 Å². The highest BCUT2D eigenvalue weighted by atomic mass is 35.5. The first-order valence-electron chi connectivity index (χ1n) is 13.8. The van der Waals surface area contributed by atoms with Crippen LogP contribution in [-0.4, -0.2) is 21.4 Å². The molecule has 5 nitrogen and oxygen atoms in total. The van der Waals surface area contributed by atoms with Crippen molar-refractivity contribution >= 4 is 34.3 Å². The van der Waals surface area contributed by atoms with Crippen LogP contribution < -0.4 is 4.74 Å². The smallest absolute Gasteiger partial charge is 0.130 e. The highest BCUT2D eigenvalue weighted by Gasteiger charge is 2.29. The second-order valence-electron chi connectivity index (χ2n) is 10.2. The number of rotatable bonds is 10. The zero-order valence-corrected chi connectivity index (χ0v) is 24.4. The van der Waals surface area contributed by atoms with Gasteiger partial charge in [0.1, 0.15) is 12.4 Å². The first-order chi connectivity index (χ1) is 20.1. The van der Waals surface area contributed by atoms with Gasteiger partial charge in [-0.3, -0.25) is 4.98 Å². The average Bonchev–Trinajstić information content (AvgIpc) is 3.29. The summed E-state index contributed by atoms with van der Waals surface area (Å²) in [4.78, 5) is 5.92. The minimum atomic E-state index is 0.375. The van der Waals surface area contributed by atoms with Gasteiger partial charge in [0.2, 0.25) is 0 Å². The molecule has 41 heavy (non-hydrogen) atoms. The number of hydrogen-bond acceptors (Lipinski definition) is 5. The Labute approximate surface area is 249 Å². The minimum absolute atomic E-state index is 0.375. The Morgan fingerprint density at radius 2 is 1.83 bits per heavy atom. The molecule has 0 amide bonds. The molecule has 0 spiro atoms. The van der Waals surface area contributed by atoms with E-state index in [0.717, 1.165) is 39.7 Å². The van der Waals surface area contributed by atoms with Gasteiger partial charge in [-0.25, -0.2) is 0 Å². The standard InChI is InChI=1S/C34H30ClN3O2S/c1-23-18-29-32(40-21-28-13-10-26(19-37-28)25-6-3-2-4-7-25)15-14-30-33(29)34(41-23)31(22-39-17-5-16-36)38(30)20-24-8-11-27(35)12-9-24/h2-4,6-15,19,23H,5,17-18,20-22H2,1H3. The number of pyridine rings is 1. The summed E-state index contributed by atoms with van der Waals surface area (Å²) in [5.74, 6) is 0.903. The quantitative estimate of drug-likeness (QED) is 0.155. The fourth-order valence-corrected chi connectivity index (χ4v) is 6.78. The van der Waals surface area contributed by atoms with E-state index in [1.54, 1.807) is 0 Å². The molecule has 0 radical (unpaired) electrons. The summed E-state index contributed by atoms with van der Waals surface area (Å²) in [6.07, 6.45) is 3.21. The number of ether oxygens (including phenoxy) is 2. The van der Waals surface area contributed by atoms with Crippen molar-refractivity contribution in [2.24, 2.45) is 0 Å². The number of aromatic nitrogens is 2. The molecule has 6 rings (SSSR count). The Balaban J connectivity index is 1.32. The fourth-order valence-electron chi connectivity index (χ4n) is 5.35. The SMILES string of the molecule is CC1Cc2c(OCc3ccc(-c4ccccc4)cn3)ccc3c2c(c(COCCC#N)n3Cc2ccc(Cl)cc2)S1. The molecule has 0 saturated carbocycles. The molecule has 5 aromatic rings. The Morgan fingerprint density at radius 1 is 1.00 bits per heavy atom. The molecular weight excluding hydrogens is 550 g/mol. The van der Waals surface area contributed by atoms with Gasteiger partial charge >= 0.3 is 0 Å². The lowest BCUT2D eigenvalue weighted by Crippen LogP contribution is -2.10. The zero-order chi connectivity index (χ0) is 28.2. The normalized spacial score (nSPS) is 14.2. The summed E-state index contributed by atoms with van der Waals surface area (Å²) >= 11 is 8.06. The van der Waals surface area contributed by atoms with Gasteiger partial charge in [-0.1, -0.05) is 67.1 Å². The molecule has 1 aliphatic rings. The van der Waals surface area contributed by atoms with E-state index in [1.165, 1.54) is 26.9 Å². The third-order valence-corrected chi connectivity index (χ3v) is 8.82. The first kappa shape index (κ1) is 27.4. The van der Waals surface area contributed by atoms with Crippen LogP contribution in [0.2, 0.25) is 5.02 Å². The Kier molecular flexibility index (Phi) is 8.29. The number of benzene rings is 3. The Morgan fingerprint density at radius 3 is 2.59 bits per heavy atom. The van der Waals surface area contributed by atoms with Crippen molar-refractivity contribution < 1.29 is 9.47 Å². The number of halogens is 1. The molecule has 0 N–H and O–H groups in total. The Bertz CT molecular complexity index is 1690. The van der Waals surface area contributed by atoms with Crippen LogP contribution >= 0.6 is 23.4 Å². The lowest BCUT2D eigenvalue weighted by Gasteiger charge is -2.22. The maximum Gasteiger partial charge on any atom is 0.130 e. The highest BCUT2D eigenvalue weighted by molar-refractivity contribution is 8.00. The van der Waals surface area contributed by atoms with Crippen LogP contribution in [0.5, 0.6) is 5.75 Å². The lowest BCUT2D eigenvalue weighted by atomic mass is 10.0. The van der Waals surface area contributed by atoms with Crippen molar-refractivity contribution in [3.8, 4) is 22.9 Å². The van der Waals surface area contributed by atoms with Crippen LogP contribution in [0.15, 0.2) is 90.0 Å². The molecule has 1 unspecified atom stereocenters. The first-order valence-corrected chi connectivity index (χ1v) is 15.0. The molecule has 0 bridgehead atoms. The number of hydrogen-bond donors (Lipinski definition) is 0. The molecule has 1 aliphatic heterocycles. The van der Waals surface area contributed by atoms with Crippen LogP contribution in [0.4, 0.5) is 0 Å². The van der Waals surface area contributed by atoms with E-state index >= 15 is 0 Å². The van der Waals surface area contributed by atoms with E-state index in [2.05, 4.69) is 65.0 Å². The molecule has 1 atom stereocenters. The van der Waals surface area contributed by atoms with Gasteiger partial charge in [0.25, 0.3) is 0 Å².